The van der Waals surface area contributed by atoms with Gasteiger partial charge in [0.15, 0.2) is 0 Å². The molecule has 5 heteroatoms. The molecule has 0 bridgehead atoms. The fourth-order valence-electron chi connectivity index (χ4n) is 1.69. The summed E-state index contributed by atoms with van der Waals surface area (Å²) >= 11 is 5.85. The van der Waals surface area contributed by atoms with Gasteiger partial charge >= 0.3 is 0 Å². The monoisotopic (exact) mass is 222 g/mol. The maximum Gasteiger partial charge on any atom is 0.226 e. The Morgan fingerprint density at radius 3 is 3.00 bits per heavy atom. The van der Waals surface area contributed by atoms with Crippen molar-refractivity contribution < 1.29 is 0 Å². The Morgan fingerprint density at radius 2 is 2.27 bits per heavy atom. The van der Waals surface area contributed by atoms with Crippen LogP contribution in [0, 0.1) is 6.92 Å². The molecule has 1 saturated carbocycles. The Kier molecular flexibility index (Phi) is 1.85. The maximum absolute atomic E-state index is 5.85. The molecule has 4 nitrogen and oxygen atoms in total. The largest absolute Gasteiger partial charge is 0.367 e. The minimum absolute atomic E-state index is 0.285. The van der Waals surface area contributed by atoms with Gasteiger partial charge in [-0.1, -0.05) is 0 Å². The molecule has 2 aromatic heterocycles. The van der Waals surface area contributed by atoms with Crippen molar-refractivity contribution in [2.24, 2.45) is 0 Å². The number of H-pyrrole nitrogens is 1. The number of aromatic amines is 1. The molecule has 0 radical (unpaired) electrons. The molecule has 0 atom stereocenters. The molecule has 1 fully saturated rings. The van der Waals surface area contributed by atoms with Crippen molar-refractivity contribution in [3.05, 3.63) is 17.0 Å². The first-order valence-corrected chi connectivity index (χ1v) is 5.39. The third-order valence-corrected chi connectivity index (χ3v) is 2.79. The number of hydrogen-bond donors (Lipinski definition) is 2. The summed E-state index contributed by atoms with van der Waals surface area (Å²) in [5.74, 6) is 0.853. The van der Waals surface area contributed by atoms with Gasteiger partial charge in [0.05, 0.1) is 5.39 Å². The van der Waals surface area contributed by atoms with E-state index in [1.165, 1.54) is 12.8 Å². The standard InChI is InChI=1S/C10H11ClN4/c1-5-4-12-8-7(5)9(13-6-2-3-6)15-10(11)14-8/h4,6H,2-3H2,1H3,(H2,12,13,14,15). The van der Waals surface area contributed by atoms with E-state index < -0.39 is 0 Å². The van der Waals surface area contributed by atoms with Gasteiger partial charge in [-0.2, -0.15) is 4.98 Å². The van der Waals surface area contributed by atoms with Crippen LogP contribution in [-0.2, 0) is 0 Å². The molecule has 1 aliphatic carbocycles. The Hall–Kier alpha value is -1.29. The molecule has 0 spiro atoms. The van der Waals surface area contributed by atoms with E-state index >= 15 is 0 Å². The van der Waals surface area contributed by atoms with Gasteiger partial charge in [-0.15, -0.1) is 0 Å². The minimum atomic E-state index is 0.285. The molecule has 0 saturated heterocycles. The quantitative estimate of drug-likeness (QED) is 0.768. The van der Waals surface area contributed by atoms with Crippen molar-refractivity contribution in [3.63, 3.8) is 0 Å². The lowest BCUT2D eigenvalue weighted by Crippen LogP contribution is -2.04. The number of nitrogens with zero attached hydrogens (tertiary/aromatic N) is 2. The van der Waals surface area contributed by atoms with E-state index in [1.54, 1.807) is 0 Å². The Morgan fingerprint density at radius 1 is 1.47 bits per heavy atom. The van der Waals surface area contributed by atoms with Gasteiger partial charge in [0.2, 0.25) is 5.28 Å². The molecule has 1 aliphatic rings. The molecule has 0 aliphatic heterocycles. The summed E-state index contributed by atoms with van der Waals surface area (Å²) in [5.41, 5.74) is 1.94. The van der Waals surface area contributed by atoms with Gasteiger partial charge in [0.25, 0.3) is 0 Å². The summed E-state index contributed by atoms with van der Waals surface area (Å²) in [6, 6.07) is 0.563. The van der Waals surface area contributed by atoms with E-state index in [2.05, 4.69) is 20.3 Å². The van der Waals surface area contributed by atoms with E-state index in [-0.39, 0.29) is 5.28 Å². The predicted molar refractivity (Wildman–Crippen MR) is 60.3 cm³/mol. The highest BCUT2D eigenvalue weighted by Crippen LogP contribution is 2.30. The number of halogens is 1. The average Bonchev–Trinajstić information content (AvgIpc) is 2.91. The number of anilines is 1. The molecule has 2 heterocycles. The number of aromatic nitrogens is 3. The van der Waals surface area contributed by atoms with Crippen LogP contribution in [0.5, 0.6) is 0 Å². The van der Waals surface area contributed by atoms with Crippen molar-refractivity contribution in [2.45, 2.75) is 25.8 Å². The van der Waals surface area contributed by atoms with E-state index in [0.29, 0.717) is 6.04 Å². The first-order valence-electron chi connectivity index (χ1n) is 5.02. The summed E-state index contributed by atoms with van der Waals surface area (Å²) in [6.45, 7) is 2.04. The summed E-state index contributed by atoms with van der Waals surface area (Å²) in [4.78, 5) is 11.5. The van der Waals surface area contributed by atoms with Crippen LogP contribution in [0.25, 0.3) is 11.0 Å². The van der Waals surface area contributed by atoms with E-state index in [0.717, 1.165) is 22.4 Å². The molecule has 2 aromatic rings. The zero-order valence-corrected chi connectivity index (χ0v) is 9.10. The van der Waals surface area contributed by atoms with Crippen molar-refractivity contribution in [1.29, 1.82) is 0 Å². The molecule has 3 rings (SSSR count). The maximum atomic E-state index is 5.85. The highest BCUT2D eigenvalue weighted by molar-refractivity contribution is 6.28. The lowest BCUT2D eigenvalue weighted by atomic mass is 10.2. The van der Waals surface area contributed by atoms with Crippen LogP contribution in [0.2, 0.25) is 5.28 Å². The van der Waals surface area contributed by atoms with Gasteiger partial charge in [-0.25, -0.2) is 4.98 Å². The number of fused-ring (bicyclic) bond motifs is 1. The van der Waals surface area contributed by atoms with E-state index in [9.17, 15) is 0 Å². The molecule has 0 unspecified atom stereocenters. The second-order valence-electron chi connectivity index (χ2n) is 3.96. The molecular formula is C10H11ClN4. The Balaban J connectivity index is 2.18. The molecule has 15 heavy (non-hydrogen) atoms. The Bertz CT molecular complexity index is 515. The lowest BCUT2D eigenvalue weighted by molar-refractivity contribution is 1.10. The normalized spacial score (nSPS) is 15.9. The highest BCUT2D eigenvalue weighted by Gasteiger charge is 2.23. The molecule has 0 aromatic carbocycles. The molecule has 2 N–H and O–H groups in total. The average molecular weight is 223 g/mol. The minimum Gasteiger partial charge on any atom is -0.367 e. The fraction of sp³-hybridized carbons (Fsp3) is 0.400. The van der Waals surface area contributed by atoms with Gasteiger partial charge in [0.1, 0.15) is 11.5 Å². The zero-order chi connectivity index (χ0) is 10.4. The van der Waals surface area contributed by atoms with Crippen LogP contribution in [0.15, 0.2) is 6.20 Å². The van der Waals surface area contributed by atoms with Crippen LogP contribution in [0.1, 0.15) is 18.4 Å². The second kappa shape index (κ2) is 3.10. The Labute approximate surface area is 92.1 Å². The summed E-state index contributed by atoms with van der Waals surface area (Å²) in [5, 5.41) is 4.70. The molecule has 78 valence electrons. The van der Waals surface area contributed by atoms with Crippen LogP contribution in [-0.4, -0.2) is 21.0 Å². The van der Waals surface area contributed by atoms with Crippen LogP contribution < -0.4 is 5.32 Å². The summed E-state index contributed by atoms with van der Waals surface area (Å²) < 4.78 is 0. The van der Waals surface area contributed by atoms with Crippen molar-refractivity contribution in [2.75, 3.05) is 5.32 Å². The molecule has 0 amide bonds. The summed E-state index contributed by atoms with van der Waals surface area (Å²) in [7, 11) is 0. The van der Waals surface area contributed by atoms with E-state index in [1.807, 2.05) is 13.1 Å². The first-order chi connectivity index (χ1) is 7.24. The van der Waals surface area contributed by atoms with Crippen molar-refractivity contribution >= 4 is 28.5 Å². The third kappa shape index (κ3) is 1.55. The van der Waals surface area contributed by atoms with Gasteiger partial charge < -0.3 is 10.3 Å². The van der Waals surface area contributed by atoms with Crippen molar-refractivity contribution in [3.8, 4) is 0 Å². The summed E-state index contributed by atoms with van der Waals surface area (Å²) in [6.07, 6.45) is 4.35. The molecular weight excluding hydrogens is 212 g/mol. The lowest BCUT2D eigenvalue weighted by Gasteiger charge is -2.05. The third-order valence-electron chi connectivity index (χ3n) is 2.62. The SMILES string of the molecule is Cc1c[nH]c2nc(Cl)nc(NC3CC3)c12. The van der Waals surface area contributed by atoms with Crippen LogP contribution >= 0.6 is 11.6 Å². The zero-order valence-electron chi connectivity index (χ0n) is 8.34. The van der Waals surface area contributed by atoms with Crippen molar-refractivity contribution in [1.82, 2.24) is 15.0 Å². The van der Waals surface area contributed by atoms with Gasteiger partial charge in [0, 0.05) is 12.2 Å². The van der Waals surface area contributed by atoms with Crippen LogP contribution in [0.3, 0.4) is 0 Å². The fourth-order valence-corrected chi connectivity index (χ4v) is 1.85. The number of aryl methyl sites for hydroxylation is 1. The van der Waals surface area contributed by atoms with Crippen LogP contribution in [0.4, 0.5) is 5.82 Å². The van der Waals surface area contributed by atoms with Gasteiger partial charge in [-0.05, 0) is 36.9 Å². The number of nitrogens with one attached hydrogen (secondary N) is 2. The second-order valence-corrected chi connectivity index (χ2v) is 4.29. The van der Waals surface area contributed by atoms with E-state index in [4.69, 9.17) is 11.6 Å². The predicted octanol–water partition coefficient (Wildman–Crippen LogP) is 2.49. The highest BCUT2D eigenvalue weighted by atomic mass is 35.5. The van der Waals surface area contributed by atoms with Gasteiger partial charge in [-0.3, -0.25) is 0 Å². The number of hydrogen-bond acceptors (Lipinski definition) is 3. The smallest absolute Gasteiger partial charge is 0.226 e. The first kappa shape index (κ1) is 8.97. The topological polar surface area (TPSA) is 53.6 Å². The number of rotatable bonds is 2.